The molecule has 2 rings (SSSR count). The Hall–Kier alpha value is -3.30. The van der Waals surface area contributed by atoms with Crippen molar-refractivity contribution in [1.82, 2.24) is 14.9 Å². The number of carbonyl (C=O) groups is 1. The second kappa shape index (κ2) is 11.8. The highest BCUT2D eigenvalue weighted by Crippen LogP contribution is 2.08. The fourth-order valence-corrected chi connectivity index (χ4v) is 3.57. The van der Waals surface area contributed by atoms with Gasteiger partial charge in [0.1, 0.15) is 26.9 Å². The van der Waals surface area contributed by atoms with E-state index in [1.165, 1.54) is 10.8 Å². The maximum Gasteiger partial charge on any atom is 0.270 e. The molecule has 12 heteroatoms. The molecule has 0 spiro atoms. The average Bonchev–Trinajstić information content (AvgIpc) is 3.07. The molecule has 0 aliphatic rings. The van der Waals surface area contributed by atoms with Gasteiger partial charge in [-0.2, -0.15) is 5.26 Å². The topological polar surface area (TPSA) is 121 Å². The second-order valence-electron chi connectivity index (χ2n) is 6.03. The van der Waals surface area contributed by atoms with Crippen LogP contribution in [0.15, 0.2) is 23.0 Å². The molecule has 0 radical (unpaired) electrons. The number of ether oxygens (including phenoxy) is 1. The Kier molecular flexibility index (Phi) is 9.11. The smallest absolute Gasteiger partial charge is 0.270 e. The summed E-state index contributed by atoms with van der Waals surface area (Å²) in [7, 11) is 1.60. The van der Waals surface area contributed by atoms with E-state index in [9.17, 15) is 23.6 Å². The minimum Gasteiger partial charge on any atom is -0.383 e. The number of rotatable bonds is 10. The standard InChI is InChI=1S/C19H22F2N6O3S/c1-3-27-18(29)13(31-19(27)12(9-22)17(28)25-11-14(20)21)10-24-16-6-4-5-15(26-16)23-7-8-30-2/h4-6,10,14H,3,7-8,11H2,1-2H3,(H,25,28)(H2,23,24,26). The summed E-state index contributed by atoms with van der Waals surface area (Å²) in [6.07, 6.45) is -1.32. The van der Waals surface area contributed by atoms with Crippen molar-refractivity contribution in [2.75, 3.05) is 37.4 Å². The van der Waals surface area contributed by atoms with Crippen molar-refractivity contribution in [2.45, 2.75) is 19.9 Å². The van der Waals surface area contributed by atoms with Crippen LogP contribution in [0, 0.1) is 11.3 Å². The fraction of sp³-hybridized carbons (Fsp3) is 0.368. The molecule has 0 atom stereocenters. The van der Waals surface area contributed by atoms with Crippen molar-refractivity contribution in [3.8, 4) is 6.07 Å². The first kappa shape index (κ1) is 24.0. The number of nitriles is 1. The normalized spacial score (nSPS) is 12.5. The summed E-state index contributed by atoms with van der Waals surface area (Å²) in [6.45, 7) is 2.09. The second-order valence-corrected chi connectivity index (χ2v) is 7.06. The number of nitrogens with zero attached hydrogens (tertiary/aromatic N) is 3. The van der Waals surface area contributed by atoms with Gasteiger partial charge in [-0.15, -0.1) is 11.3 Å². The van der Waals surface area contributed by atoms with E-state index in [0.29, 0.717) is 24.8 Å². The highest BCUT2D eigenvalue weighted by Gasteiger charge is 2.16. The van der Waals surface area contributed by atoms with Crippen molar-refractivity contribution >= 4 is 40.7 Å². The van der Waals surface area contributed by atoms with Crippen molar-refractivity contribution in [3.63, 3.8) is 0 Å². The van der Waals surface area contributed by atoms with E-state index in [1.807, 2.05) is 5.32 Å². The van der Waals surface area contributed by atoms with Crippen molar-refractivity contribution in [1.29, 1.82) is 5.26 Å². The number of pyridine rings is 1. The molecule has 2 aromatic heterocycles. The van der Waals surface area contributed by atoms with Gasteiger partial charge in [-0.1, -0.05) is 6.07 Å². The van der Waals surface area contributed by atoms with E-state index in [2.05, 4.69) is 15.6 Å². The SMILES string of the molecule is CCn1c(=C(C#N)C(=O)NCC(F)F)sc(=CNc2cccc(NCCOC)n2)c1=O. The van der Waals surface area contributed by atoms with Crippen LogP contribution < -0.4 is 30.7 Å². The van der Waals surface area contributed by atoms with Crippen molar-refractivity contribution in [2.24, 2.45) is 0 Å². The van der Waals surface area contributed by atoms with Crippen LogP contribution in [0.1, 0.15) is 6.92 Å². The molecule has 0 aliphatic heterocycles. The number of methoxy groups -OCH3 is 1. The third kappa shape index (κ3) is 6.59. The molecule has 0 bridgehead atoms. The molecule has 0 aromatic carbocycles. The lowest BCUT2D eigenvalue weighted by Crippen LogP contribution is -2.35. The van der Waals surface area contributed by atoms with Gasteiger partial charge in [0, 0.05) is 26.4 Å². The Balaban J connectivity index is 2.37. The maximum absolute atomic E-state index is 12.7. The molecule has 0 aliphatic carbocycles. The lowest BCUT2D eigenvalue weighted by molar-refractivity contribution is -0.116. The molecule has 9 nitrogen and oxygen atoms in total. The van der Waals surface area contributed by atoms with Crippen LogP contribution in [0.3, 0.4) is 0 Å². The molecule has 166 valence electrons. The van der Waals surface area contributed by atoms with E-state index in [-0.39, 0.29) is 15.7 Å². The van der Waals surface area contributed by atoms with E-state index >= 15 is 0 Å². The van der Waals surface area contributed by atoms with Crippen LogP contribution in [0.25, 0.3) is 11.8 Å². The Bertz CT molecular complexity index is 1120. The molecule has 0 saturated carbocycles. The first-order valence-corrected chi connectivity index (χ1v) is 10.1. The number of amides is 1. The van der Waals surface area contributed by atoms with Gasteiger partial charge < -0.3 is 20.7 Å². The number of thiazole rings is 1. The lowest BCUT2D eigenvalue weighted by Gasteiger charge is -2.06. The predicted molar refractivity (Wildman–Crippen MR) is 114 cm³/mol. The molecule has 2 heterocycles. The number of alkyl halides is 2. The number of anilines is 2. The van der Waals surface area contributed by atoms with Gasteiger partial charge in [-0.05, 0) is 19.1 Å². The van der Waals surface area contributed by atoms with Gasteiger partial charge in [-0.25, -0.2) is 13.8 Å². The highest BCUT2D eigenvalue weighted by molar-refractivity contribution is 7.07. The van der Waals surface area contributed by atoms with Crippen LogP contribution in [0.2, 0.25) is 0 Å². The molecule has 0 unspecified atom stereocenters. The first-order chi connectivity index (χ1) is 14.9. The van der Waals surface area contributed by atoms with Crippen LogP contribution in [0.5, 0.6) is 0 Å². The quantitative estimate of drug-likeness (QED) is 0.443. The molecular weight excluding hydrogens is 430 g/mol. The summed E-state index contributed by atoms with van der Waals surface area (Å²) in [5.74, 6) is 0.130. The molecular formula is C19H22F2N6O3S. The largest absolute Gasteiger partial charge is 0.383 e. The fourth-order valence-electron chi connectivity index (χ4n) is 2.48. The van der Waals surface area contributed by atoms with Gasteiger partial charge in [0.05, 0.1) is 13.2 Å². The zero-order valence-electron chi connectivity index (χ0n) is 16.9. The summed E-state index contributed by atoms with van der Waals surface area (Å²) >= 11 is 0.911. The average molecular weight is 452 g/mol. The monoisotopic (exact) mass is 452 g/mol. The van der Waals surface area contributed by atoms with E-state index in [4.69, 9.17) is 4.74 Å². The van der Waals surface area contributed by atoms with Crippen LogP contribution in [0.4, 0.5) is 20.4 Å². The maximum atomic E-state index is 12.7. The summed E-state index contributed by atoms with van der Waals surface area (Å²) < 4.78 is 31.3. The van der Waals surface area contributed by atoms with Gasteiger partial charge in [0.2, 0.25) is 0 Å². The molecule has 1 amide bonds. The molecule has 2 aromatic rings. The minimum absolute atomic E-state index is 0.0951. The Labute approximate surface area is 180 Å². The lowest BCUT2D eigenvalue weighted by atomic mass is 10.3. The predicted octanol–water partition coefficient (Wildman–Crippen LogP) is 0.289. The van der Waals surface area contributed by atoms with Crippen LogP contribution in [-0.2, 0) is 16.1 Å². The number of hydrogen-bond acceptors (Lipinski definition) is 8. The van der Waals surface area contributed by atoms with Crippen LogP contribution in [-0.4, -0.2) is 48.7 Å². The summed E-state index contributed by atoms with van der Waals surface area (Å²) in [5.41, 5.74) is -0.814. The van der Waals surface area contributed by atoms with Gasteiger partial charge in [-0.3, -0.25) is 14.2 Å². The van der Waals surface area contributed by atoms with Crippen molar-refractivity contribution in [3.05, 3.63) is 37.7 Å². The zero-order chi connectivity index (χ0) is 22.8. The third-order valence-electron chi connectivity index (χ3n) is 3.91. The Morgan fingerprint density at radius 2 is 2.16 bits per heavy atom. The number of aromatic nitrogens is 2. The first-order valence-electron chi connectivity index (χ1n) is 9.28. The minimum atomic E-state index is -2.75. The van der Waals surface area contributed by atoms with E-state index in [1.54, 1.807) is 38.3 Å². The van der Waals surface area contributed by atoms with Gasteiger partial charge in [0.25, 0.3) is 17.9 Å². The summed E-state index contributed by atoms with van der Waals surface area (Å²) in [5, 5.41) is 17.4. The molecule has 31 heavy (non-hydrogen) atoms. The van der Waals surface area contributed by atoms with Gasteiger partial charge in [0.15, 0.2) is 5.57 Å². The number of nitrogens with one attached hydrogen (secondary N) is 3. The molecule has 0 saturated heterocycles. The van der Waals surface area contributed by atoms with E-state index < -0.39 is 30.0 Å². The van der Waals surface area contributed by atoms with E-state index in [0.717, 1.165) is 11.3 Å². The van der Waals surface area contributed by atoms with Crippen molar-refractivity contribution < 1.29 is 18.3 Å². The summed E-state index contributed by atoms with van der Waals surface area (Å²) in [4.78, 5) is 29.2. The van der Waals surface area contributed by atoms with Gasteiger partial charge >= 0.3 is 0 Å². The number of hydrogen-bond donors (Lipinski definition) is 3. The molecule has 0 fully saturated rings. The van der Waals surface area contributed by atoms with Crippen LogP contribution >= 0.6 is 11.3 Å². The third-order valence-corrected chi connectivity index (χ3v) is 5.04. The number of carbonyl (C=O) groups excluding carboxylic acids is 1. The summed E-state index contributed by atoms with van der Waals surface area (Å²) in [6, 6.07) is 6.97. The number of halogens is 2. The highest BCUT2D eigenvalue weighted by atomic mass is 32.1. The molecule has 3 N–H and O–H groups in total. The Morgan fingerprint density at radius 1 is 1.42 bits per heavy atom. The Morgan fingerprint density at radius 3 is 2.81 bits per heavy atom. The zero-order valence-corrected chi connectivity index (χ0v) is 17.8.